The zero-order valence-electron chi connectivity index (χ0n) is 13.5. The Hall–Kier alpha value is -2.69. The van der Waals surface area contributed by atoms with Gasteiger partial charge in [0.25, 0.3) is 0 Å². The van der Waals surface area contributed by atoms with Crippen molar-refractivity contribution in [3.63, 3.8) is 0 Å². The molecule has 0 N–H and O–H groups in total. The molecule has 1 aromatic carbocycles. The Balaban J connectivity index is 2.03. The van der Waals surface area contributed by atoms with Crippen LogP contribution in [0.15, 0.2) is 41.5 Å². The standard InChI is InChI=1S/C18H19N3O2/c1-12-7-8-13(2)14(11-12)15-9-10-18(22)21(20-15)16-5-4-6-17(19-16)23-3/h4-8,11H,9-10H2,1-3H3. The van der Waals surface area contributed by atoms with Gasteiger partial charge in [-0.3, -0.25) is 4.79 Å². The second-order valence-electron chi connectivity index (χ2n) is 5.61. The molecule has 0 unspecified atom stereocenters. The summed E-state index contributed by atoms with van der Waals surface area (Å²) < 4.78 is 5.13. The van der Waals surface area contributed by atoms with E-state index in [4.69, 9.17) is 4.74 Å². The number of anilines is 1. The van der Waals surface area contributed by atoms with Crippen molar-refractivity contribution in [2.45, 2.75) is 26.7 Å². The summed E-state index contributed by atoms with van der Waals surface area (Å²) in [6, 6.07) is 11.6. The monoisotopic (exact) mass is 309 g/mol. The molecule has 1 amide bonds. The molecule has 5 heteroatoms. The number of methoxy groups -OCH3 is 1. The molecule has 0 bridgehead atoms. The lowest BCUT2D eigenvalue weighted by atomic mass is 9.97. The lowest BCUT2D eigenvalue weighted by Crippen LogP contribution is -2.32. The molecular weight excluding hydrogens is 290 g/mol. The highest BCUT2D eigenvalue weighted by atomic mass is 16.5. The number of rotatable bonds is 3. The lowest BCUT2D eigenvalue weighted by molar-refractivity contribution is -0.118. The zero-order valence-corrected chi connectivity index (χ0v) is 13.5. The van der Waals surface area contributed by atoms with Crippen molar-refractivity contribution in [2.24, 2.45) is 5.10 Å². The van der Waals surface area contributed by atoms with E-state index in [0.29, 0.717) is 24.5 Å². The van der Waals surface area contributed by atoms with Crippen LogP contribution in [0, 0.1) is 13.8 Å². The van der Waals surface area contributed by atoms with Gasteiger partial charge in [0.15, 0.2) is 5.82 Å². The molecule has 118 valence electrons. The molecule has 0 spiro atoms. The highest BCUT2D eigenvalue weighted by Gasteiger charge is 2.24. The van der Waals surface area contributed by atoms with Crippen LogP contribution in [0.1, 0.15) is 29.5 Å². The average molecular weight is 309 g/mol. The summed E-state index contributed by atoms with van der Waals surface area (Å²) in [5.41, 5.74) is 4.33. The Morgan fingerprint density at radius 2 is 1.96 bits per heavy atom. The minimum atomic E-state index is -0.0557. The number of hydrazone groups is 1. The van der Waals surface area contributed by atoms with E-state index in [0.717, 1.165) is 16.8 Å². The SMILES string of the molecule is COc1cccc(N2N=C(c3cc(C)ccc3C)CCC2=O)n1. The van der Waals surface area contributed by atoms with E-state index in [9.17, 15) is 4.79 Å². The molecule has 0 saturated heterocycles. The molecule has 23 heavy (non-hydrogen) atoms. The van der Waals surface area contributed by atoms with E-state index in [1.54, 1.807) is 25.3 Å². The van der Waals surface area contributed by atoms with Gasteiger partial charge < -0.3 is 4.74 Å². The fraction of sp³-hybridized carbons (Fsp3) is 0.278. The molecule has 1 aromatic heterocycles. The van der Waals surface area contributed by atoms with Crippen LogP contribution < -0.4 is 9.75 Å². The van der Waals surface area contributed by atoms with Crippen LogP contribution in [0.5, 0.6) is 5.88 Å². The third-order valence-electron chi connectivity index (χ3n) is 3.87. The predicted molar refractivity (Wildman–Crippen MR) is 90.0 cm³/mol. The number of pyridine rings is 1. The van der Waals surface area contributed by atoms with Gasteiger partial charge in [-0.25, -0.2) is 0 Å². The highest BCUT2D eigenvalue weighted by Crippen LogP contribution is 2.24. The van der Waals surface area contributed by atoms with Crippen LogP contribution in [0.3, 0.4) is 0 Å². The summed E-state index contributed by atoms with van der Waals surface area (Å²) in [6.45, 7) is 4.11. The Bertz CT molecular complexity index is 784. The van der Waals surface area contributed by atoms with Crippen LogP contribution in [0.2, 0.25) is 0 Å². The molecule has 0 fully saturated rings. The van der Waals surface area contributed by atoms with Crippen molar-refractivity contribution < 1.29 is 9.53 Å². The van der Waals surface area contributed by atoms with Crippen LogP contribution in [0.4, 0.5) is 5.82 Å². The summed E-state index contributed by atoms with van der Waals surface area (Å²) in [5, 5.41) is 5.94. The summed E-state index contributed by atoms with van der Waals surface area (Å²) >= 11 is 0. The average Bonchev–Trinajstić information content (AvgIpc) is 2.57. The van der Waals surface area contributed by atoms with Crippen LogP contribution in [0.25, 0.3) is 0 Å². The second-order valence-corrected chi connectivity index (χ2v) is 5.61. The highest BCUT2D eigenvalue weighted by molar-refractivity contribution is 6.09. The first-order valence-corrected chi connectivity index (χ1v) is 7.57. The van der Waals surface area contributed by atoms with E-state index in [-0.39, 0.29) is 5.91 Å². The quantitative estimate of drug-likeness (QED) is 0.874. The Morgan fingerprint density at radius 3 is 2.74 bits per heavy atom. The van der Waals surface area contributed by atoms with E-state index in [1.165, 1.54) is 10.6 Å². The molecule has 0 aliphatic carbocycles. The van der Waals surface area contributed by atoms with Gasteiger partial charge in [-0.1, -0.05) is 23.8 Å². The zero-order chi connectivity index (χ0) is 16.4. The number of hydrogen-bond donors (Lipinski definition) is 0. The maximum Gasteiger partial charge on any atom is 0.249 e. The molecule has 5 nitrogen and oxygen atoms in total. The van der Waals surface area contributed by atoms with Gasteiger partial charge in [-0.05, 0) is 31.5 Å². The number of ether oxygens (including phenoxy) is 1. The molecule has 0 radical (unpaired) electrons. The smallest absolute Gasteiger partial charge is 0.249 e. The number of amides is 1. The number of aryl methyl sites for hydroxylation is 2. The normalized spacial score (nSPS) is 14.7. The molecule has 1 aliphatic rings. The van der Waals surface area contributed by atoms with E-state index in [1.807, 2.05) is 0 Å². The fourth-order valence-corrected chi connectivity index (χ4v) is 2.61. The van der Waals surface area contributed by atoms with Gasteiger partial charge in [-0.15, -0.1) is 0 Å². The lowest BCUT2D eigenvalue weighted by Gasteiger charge is -2.23. The first-order chi connectivity index (χ1) is 11.1. The number of benzene rings is 1. The topological polar surface area (TPSA) is 54.8 Å². The van der Waals surface area contributed by atoms with Crippen molar-refractivity contribution in [3.8, 4) is 5.88 Å². The van der Waals surface area contributed by atoms with Crippen LogP contribution in [-0.4, -0.2) is 23.7 Å². The van der Waals surface area contributed by atoms with Gasteiger partial charge in [0.05, 0.1) is 12.8 Å². The second kappa shape index (κ2) is 6.20. The number of aromatic nitrogens is 1. The van der Waals surface area contributed by atoms with E-state index >= 15 is 0 Å². The van der Waals surface area contributed by atoms with Gasteiger partial charge in [-0.2, -0.15) is 15.1 Å². The van der Waals surface area contributed by atoms with Gasteiger partial charge in [0.2, 0.25) is 11.8 Å². The van der Waals surface area contributed by atoms with Crippen LogP contribution in [-0.2, 0) is 4.79 Å². The maximum atomic E-state index is 12.3. The third-order valence-corrected chi connectivity index (χ3v) is 3.87. The minimum Gasteiger partial charge on any atom is -0.481 e. The molecule has 1 aliphatic heterocycles. The summed E-state index contributed by atoms with van der Waals surface area (Å²) in [5.74, 6) is 0.890. The maximum absolute atomic E-state index is 12.3. The fourth-order valence-electron chi connectivity index (χ4n) is 2.61. The molecule has 3 rings (SSSR count). The largest absolute Gasteiger partial charge is 0.481 e. The van der Waals surface area contributed by atoms with Crippen LogP contribution >= 0.6 is 0 Å². The molecular formula is C18H19N3O2. The predicted octanol–water partition coefficient (Wildman–Crippen LogP) is 3.24. The molecule has 2 aromatic rings. The van der Waals surface area contributed by atoms with E-state index in [2.05, 4.69) is 42.1 Å². The first-order valence-electron chi connectivity index (χ1n) is 7.57. The van der Waals surface area contributed by atoms with Gasteiger partial charge in [0, 0.05) is 24.5 Å². The van der Waals surface area contributed by atoms with Crippen molar-refractivity contribution in [2.75, 3.05) is 12.1 Å². The van der Waals surface area contributed by atoms with Gasteiger partial charge in [0.1, 0.15) is 0 Å². The summed E-state index contributed by atoms with van der Waals surface area (Å²) in [4.78, 5) is 16.6. The summed E-state index contributed by atoms with van der Waals surface area (Å²) in [6.07, 6.45) is 1.06. The number of carbonyl (C=O) groups excluding carboxylic acids is 1. The molecule has 2 heterocycles. The Kier molecular flexibility index (Phi) is 4.10. The van der Waals surface area contributed by atoms with Crippen molar-refractivity contribution in [3.05, 3.63) is 53.1 Å². The number of hydrogen-bond acceptors (Lipinski definition) is 4. The number of nitrogens with zero attached hydrogens (tertiary/aromatic N) is 3. The summed E-state index contributed by atoms with van der Waals surface area (Å²) in [7, 11) is 1.55. The Labute approximate surface area is 135 Å². The Morgan fingerprint density at radius 1 is 1.13 bits per heavy atom. The molecule has 0 saturated carbocycles. The van der Waals surface area contributed by atoms with Crippen molar-refractivity contribution in [1.82, 2.24) is 4.98 Å². The third kappa shape index (κ3) is 3.08. The van der Waals surface area contributed by atoms with E-state index < -0.39 is 0 Å². The number of carbonyl (C=O) groups is 1. The first kappa shape index (κ1) is 15.2. The van der Waals surface area contributed by atoms with Crippen molar-refractivity contribution in [1.29, 1.82) is 0 Å². The van der Waals surface area contributed by atoms with Crippen molar-refractivity contribution >= 4 is 17.4 Å². The minimum absolute atomic E-state index is 0.0557. The molecule has 0 atom stereocenters. The van der Waals surface area contributed by atoms with Gasteiger partial charge >= 0.3 is 0 Å².